The van der Waals surface area contributed by atoms with Gasteiger partial charge in [0.2, 0.25) is 0 Å². The van der Waals surface area contributed by atoms with Gasteiger partial charge in [0.05, 0.1) is 0 Å². The molecule has 2 aromatic rings. The minimum atomic E-state index is -4.31. The Labute approximate surface area is 199 Å². The van der Waals surface area contributed by atoms with Crippen molar-refractivity contribution < 1.29 is 36.4 Å². The summed E-state index contributed by atoms with van der Waals surface area (Å²) in [4.78, 5) is 23.6. The Morgan fingerprint density at radius 1 is 0.727 bits per heavy atom. The average Bonchev–Trinajstić information content (AvgIpc) is 3.50. The van der Waals surface area contributed by atoms with Gasteiger partial charge in [-0.1, -0.05) is 0 Å². The van der Waals surface area contributed by atoms with Gasteiger partial charge in [-0.25, -0.2) is 0 Å². The van der Waals surface area contributed by atoms with E-state index in [-0.39, 0.29) is 11.8 Å². The zero-order valence-electron chi connectivity index (χ0n) is 18.6. The van der Waals surface area contributed by atoms with E-state index in [0.29, 0.717) is 22.9 Å². The Kier molecular flexibility index (Phi) is 7.09. The summed E-state index contributed by atoms with van der Waals surface area (Å²) in [7, 11) is 0. The molecule has 0 radical (unpaired) electrons. The normalized spacial score (nSPS) is 14.5. The van der Waals surface area contributed by atoms with Crippen molar-refractivity contribution in [2.24, 2.45) is 0 Å². The summed E-state index contributed by atoms with van der Waals surface area (Å²) < 4.78 is 16.1. The molecule has 4 rings (SSSR count). The SMILES string of the molecule is CC(=O)Nc1ccccc1[O][Zr]([O]c1ccccc1NC(C)=O)([C]1=CC=CC1)[C]1=CC=CC1. The Balaban J connectivity index is 1.83. The molecule has 0 atom stereocenters. The first kappa shape index (κ1) is 23.0. The average molecular weight is 522 g/mol. The first-order chi connectivity index (χ1) is 16.0. The minimum absolute atomic E-state index is 0.174. The Hall–Kier alpha value is -3.18. The van der Waals surface area contributed by atoms with Crippen molar-refractivity contribution in [3.63, 3.8) is 0 Å². The molecule has 33 heavy (non-hydrogen) atoms. The van der Waals surface area contributed by atoms with Crippen molar-refractivity contribution in [2.75, 3.05) is 10.6 Å². The zero-order valence-corrected chi connectivity index (χ0v) is 21.1. The monoisotopic (exact) mass is 520 g/mol. The number of hydrogen-bond donors (Lipinski definition) is 2. The molecule has 2 aliphatic rings. The molecule has 7 heteroatoms. The van der Waals surface area contributed by atoms with E-state index in [2.05, 4.69) is 34.9 Å². The van der Waals surface area contributed by atoms with E-state index in [0.717, 1.165) is 19.4 Å². The summed E-state index contributed by atoms with van der Waals surface area (Å²) in [6.45, 7) is 2.95. The van der Waals surface area contributed by atoms with Gasteiger partial charge in [-0.3, -0.25) is 0 Å². The Morgan fingerprint density at radius 3 is 1.52 bits per heavy atom. The third-order valence-corrected chi connectivity index (χ3v) is 13.8. The van der Waals surface area contributed by atoms with Crippen LogP contribution < -0.4 is 16.3 Å². The number of amides is 2. The van der Waals surface area contributed by atoms with E-state index in [1.807, 2.05) is 60.7 Å². The number of benzene rings is 2. The first-order valence-corrected chi connectivity index (χ1v) is 15.3. The second-order valence-electron chi connectivity index (χ2n) is 7.82. The van der Waals surface area contributed by atoms with E-state index in [1.54, 1.807) is 0 Å². The molecular weight excluding hydrogens is 496 g/mol. The van der Waals surface area contributed by atoms with Crippen molar-refractivity contribution in [3.05, 3.63) is 91.5 Å². The number of rotatable bonds is 8. The predicted octanol–water partition coefficient (Wildman–Crippen LogP) is 5.73. The number of nitrogens with one attached hydrogen (secondary N) is 2. The fourth-order valence-corrected chi connectivity index (χ4v) is 12.1. The van der Waals surface area contributed by atoms with Gasteiger partial charge in [-0.05, 0) is 0 Å². The molecule has 2 aliphatic carbocycles. The summed E-state index contributed by atoms with van der Waals surface area (Å²) >= 11 is -4.31. The summed E-state index contributed by atoms with van der Waals surface area (Å²) in [5, 5.41) is 5.73. The van der Waals surface area contributed by atoms with Gasteiger partial charge in [-0.2, -0.15) is 0 Å². The van der Waals surface area contributed by atoms with Crippen LogP contribution in [0.3, 0.4) is 0 Å². The van der Waals surface area contributed by atoms with Crippen molar-refractivity contribution in [3.8, 4) is 11.5 Å². The topological polar surface area (TPSA) is 76.7 Å². The van der Waals surface area contributed by atoms with Crippen LogP contribution in [0.1, 0.15) is 26.7 Å². The maximum atomic E-state index is 11.8. The van der Waals surface area contributed by atoms with Crippen molar-refractivity contribution >= 4 is 23.2 Å². The second-order valence-corrected chi connectivity index (χ2v) is 15.0. The molecule has 2 amide bonds. The molecule has 0 unspecified atom stereocenters. The number of allylic oxidation sites excluding steroid dienone is 8. The molecule has 0 aliphatic heterocycles. The van der Waals surface area contributed by atoms with Crippen molar-refractivity contribution in [1.82, 2.24) is 0 Å². The van der Waals surface area contributed by atoms with Gasteiger partial charge < -0.3 is 0 Å². The van der Waals surface area contributed by atoms with Crippen LogP contribution >= 0.6 is 0 Å². The fourth-order valence-electron chi connectivity index (χ4n) is 3.88. The number of anilines is 2. The molecule has 168 valence electrons. The van der Waals surface area contributed by atoms with Gasteiger partial charge in [0.25, 0.3) is 0 Å². The molecule has 2 aromatic carbocycles. The number of carbonyl (C=O) groups is 2. The van der Waals surface area contributed by atoms with Gasteiger partial charge in [0.15, 0.2) is 0 Å². The Bertz CT molecular complexity index is 1100. The second kappa shape index (κ2) is 10.2. The van der Waals surface area contributed by atoms with Crippen molar-refractivity contribution in [1.29, 1.82) is 0 Å². The number of hydrogen-bond acceptors (Lipinski definition) is 4. The molecule has 0 bridgehead atoms. The first-order valence-electron chi connectivity index (χ1n) is 10.8. The van der Waals surface area contributed by atoms with Crippen LogP contribution in [0.25, 0.3) is 0 Å². The van der Waals surface area contributed by atoms with E-state index < -0.39 is 21.1 Å². The van der Waals surface area contributed by atoms with E-state index in [1.165, 1.54) is 13.8 Å². The van der Waals surface area contributed by atoms with E-state index >= 15 is 0 Å². The number of carbonyl (C=O) groups excluding carboxylic acids is 2. The summed E-state index contributed by atoms with van der Waals surface area (Å²) in [5.41, 5.74) is 1.20. The van der Waals surface area contributed by atoms with Gasteiger partial charge >= 0.3 is 200 Å². The Morgan fingerprint density at radius 2 is 1.15 bits per heavy atom. The molecule has 0 aromatic heterocycles. The predicted molar refractivity (Wildman–Crippen MR) is 126 cm³/mol. The third kappa shape index (κ3) is 5.25. The molecular formula is C26H26N2O4Zr. The molecule has 6 nitrogen and oxygen atoms in total. The van der Waals surface area contributed by atoms with Crippen LogP contribution in [0.5, 0.6) is 11.5 Å². The zero-order chi connectivity index (χ0) is 23.3. The van der Waals surface area contributed by atoms with Crippen LogP contribution in [0, 0.1) is 0 Å². The van der Waals surface area contributed by atoms with Crippen LogP contribution in [0.15, 0.2) is 91.5 Å². The molecule has 0 fully saturated rings. The van der Waals surface area contributed by atoms with E-state index in [9.17, 15) is 9.59 Å². The van der Waals surface area contributed by atoms with Crippen LogP contribution in [-0.2, 0) is 30.7 Å². The molecule has 0 saturated carbocycles. The van der Waals surface area contributed by atoms with Crippen LogP contribution in [0.4, 0.5) is 11.4 Å². The van der Waals surface area contributed by atoms with Gasteiger partial charge in [-0.15, -0.1) is 0 Å². The molecule has 0 heterocycles. The van der Waals surface area contributed by atoms with Crippen LogP contribution in [0.2, 0.25) is 0 Å². The maximum absolute atomic E-state index is 11.8. The number of para-hydroxylation sites is 4. The van der Waals surface area contributed by atoms with Crippen molar-refractivity contribution in [2.45, 2.75) is 26.7 Å². The molecule has 0 saturated heterocycles. The van der Waals surface area contributed by atoms with Gasteiger partial charge in [0, 0.05) is 0 Å². The van der Waals surface area contributed by atoms with Crippen LogP contribution in [-0.4, -0.2) is 11.8 Å². The van der Waals surface area contributed by atoms with E-state index in [4.69, 9.17) is 5.63 Å². The molecule has 2 N–H and O–H groups in total. The third-order valence-electron chi connectivity index (χ3n) is 5.29. The summed E-state index contributed by atoms with van der Waals surface area (Å²) in [5.74, 6) is 0.793. The van der Waals surface area contributed by atoms with Gasteiger partial charge in [0.1, 0.15) is 0 Å². The molecule has 0 spiro atoms. The standard InChI is InChI=1S/2C8H9NO2.2C5H5.Zr/c2*1-6(10)9-7-4-2-3-5-8(7)11;2*1-2-4-5-3-1;/h2*2-5,11H,1H3,(H,9,10);2*1-3H,4H2;/q;;;;+2/p-2. The summed E-state index contributed by atoms with van der Waals surface area (Å²) in [6.07, 6.45) is 13.9. The summed E-state index contributed by atoms with van der Waals surface area (Å²) in [6, 6.07) is 14.8. The fraction of sp³-hybridized carbons (Fsp3) is 0.154. The quantitative estimate of drug-likeness (QED) is 0.465.